The molecule has 0 aliphatic heterocycles. The summed E-state index contributed by atoms with van der Waals surface area (Å²) in [4.78, 5) is 19.4. The number of nitrogens with two attached hydrogens (primary N) is 2. The van der Waals surface area contributed by atoms with Crippen molar-refractivity contribution >= 4 is 24.3 Å². The number of carbonyl (C=O) groups is 1. The highest BCUT2D eigenvalue weighted by Gasteiger charge is 2.15. The van der Waals surface area contributed by atoms with Crippen LogP contribution in [0.2, 0.25) is 0 Å². The van der Waals surface area contributed by atoms with E-state index in [0.717, 1.165) is 0 Å². The van der Waals surface area contributed by atoms with Gasteiger partial charge in [0.15, 0.2) is 5.84 Å². The summed E-state index contributed by atoms with van der Waals surface area (Å²) in [7, 11) is 0. The van der Waals surface area contributed by atoms with E-state index in [9.17, 15) is 4.79 Å². The maximum absolute atomic E-state index is 11.7. The Morgan fingerprint density at radius 1 is 1.48 bits per heavy atom. The number of hydrogen-bond donors (Lipinski definition) is 3. The van der Waals surface area contributed by atoms with Crippen molar-refractivity contribution in [2.45, 2.75) is 19.9 Å². The number of rotatable bonds is 5. The van der Waals surface area contributed by atoms with Crippen LogP contribution < -0.4 is 17.0 Å². The molecule has 0 bridgehead atoms. The Balaban J connectivity index is 3.02. The van der Waals surface area contributed by atoms with Crippen molar-refractivity contribution in [2.75, 3.05) is 5.32 Å². The molecule has 1 heterocycles. The van der Waals surface area contributed by atoms with E-state index in [1.807, 2.05) is 13.8 Å². The molecule has 5 N–H and O–H groups in total. The molecule has 0 aliphatic rings. The second kappa shape index (κ2) is 7.15. The molecule has 0 aromatic carbocycles. The van der Waals surface area contributed by atoms with Crippen LogP contribution in [0.3, 0.4) is 0 Å². The Labute approximate surface area is 123 Å². The summed E-state index contributed by atoms with van der Waals surface area (Å²) in [5.74, 6) is 11.4. The highest BCUT2D eigenvalue weighted by atomic mass is 16.2. The second-order valence-corrected chi connectivity index (χ2v) is 4.42. The molecular formula is C13H19N7O. The average Bonchev–Trinajstić information content (AvgIpc) is 2.47. The molecule has 0 unspecified atom stereocenters. The zero-order chi connectivity index (χ0) is 16.0. The Morgan fingerprint density at radius 3 is 2.67 bits per heavy atom. The number of amidine groups is 1. The lowest BCUT2D eigenvalue weighted by atomic mass is 10.2. The van der Waals surface area contributed by atoms with Gasteiger partial charge >= 0.3 is 0 Å². The van der Waals surface area contributed by atoms with Crippen LogP contribution in [-0.2, 0) is 4.79 Å². The van der Waals surface area contributed by atoms with E-state index >= 15 is 0 Å². The fourth-order valence-electron chi connectivity index (χ4n) is 1.40. The normalized spacial score (nSPS) is 11.1. The van der Waals surface area contributed by atoms with Crippen LogP contribution in [0.25, 0.3) is 0 Å². The van der Waals surface area contributed by atoms with Gasteiger partial charge in [-0.1, -0.05) is 12.6 Å². The first-order valence-electron chi connectivity index (χ1n) is 6.17. The fourth-order valence-corrected chi connectivity index (χ4v) is 1.40. The average molecular weight is 289 g/mol. The van der Waals surface area contributed by atoms with Gasteiger partial charge in [-0.25, -0.2) is 10.8 Å². The molecule has 1 aromatic rings. The van der Waals surface area contributed by atoms with Crippen molar-refractivity contribution in [1.82, 2.24) is 9.99 Å². The number of hydrogen-bond acceptors (Lipinski definition) is 6. The van der Waals surface area contributed by atoms with E-state index in [0.29, 0.717) is 17.3 Å². The summed E-state index contributed by atoms with van der Waals surface area (Å²) in [6, 6.07) is 4.98. The molecule has 0 spiro atoms. The van der Waals surface area contributed by atoms with Gasteiger partial charge in [-0.2, -0.15) is 5.10 Å². The number of aromatic nitrogens is 1. The van der Waals surface area contributed by atoms with Crippen molar-refractivity contribution in [3.8, 4) is 0 Å². The predicted molar refractivity (Wildman–Crippen MR) is 83.4 cm³/mol. The third kappa shape index (κ3) is 4.11. The molecule has 0 saturated heterocycles. The molecule has 0 atom stereocenters. The number of carbonyl (C=O) groups excluding carboxylic acids is 1. The van der Waals surface area contributed by atoms with Crippen molar-refractivity contribution < 1.29 is 4.79 Å². The lowest BCUT2D eigenvalue weighted by Gasteiger charge is -2.23. The summed E-state index contributed by atoms with van der Waals surface area (Å²) >= 11 is 0. The molecule has 21 heavy (non-hydrogen) atoms. The highest BCUT2D eigenvalue weighted by Crippen LogP contribution is 2.09. The number of anilines is 1. The van der Waals surface area contributed by atoms with Crippen molar-refractivity contribution in [3.05, 3.63) is 36.2 Å². The molecule has 0 fully saturated rings. The monoisotopic (exact) mass is 289 g/mol. The van der Waals surface area contributed by atoms with Crippen LogP contribution in [0.4, 0.5) is 5.82 Å². The van der Waals surface area contributed by atoms with Crippen molar-refractivity contribution in [3.63, 3.8) is 0 Å². The molecule has 1 amide bonds. The molecule has 0 aliphatic carbocycles. The van der Waals surface area contributed by atoms with Crippen LogP contribution in [-0.4, -0.2) is 34.5 Å². The molecule has 1 aromatic heterocycles. The van der Waals surface area contributed by atoms with Gasteiger partial charge in [0.05, 0.1) is 0 Å². The zero-order valence-electron chi connectivity index (χ0n) is 12.1. The number of amides is 1. The number of aliphatic imine (C=N–C) groups is 1. The minimum absolute atomic E-state index is 0.00227. The van der Waals surface area contributed by atoms with Crippen LogP contribution >= 0.6 is 0 Å². The summed E-state index contributed by atoms with van der Waals surface area (Å²) < 4.78 is 0. The summed E-state index contributed by atoms with van der Waals surface area (Å²) in [5, 5.41) is 7.58. The van der Waals surface area contributed by atoms with E-state index in [4.69, 9.17) is 11.7 Å². The lowest BCUT2D eigenvalue weighted by Crippen LogP contribution is -2.44. The number of nitrogens with one attached hydrogen (secondary N) is 1. The molecule has 0 radical (unpaired) electrons. The molecule has 112 valence electrons. The van der Waals surface area contributed by atoms with Gasteiger partial charge < -0.3 is 11.2 Å². The molecule has 8 nitrogen and oxygen atoms in total. The number of pyridine rings is 1. The summed E-state index contributed by atoms with van der Waals surface area (Å²) in [6.45, 7) is 10.5. The maximum atomic E-state index is 11.7. The van der Waals surface area contributed by atoms with Crippen LogP contribution in [0, 0.1) is 0 Å². The lowest BCUT2D eigenvalue weighted by molar-refractivity contribution is -0.112. The number of hydrazine groups is 1. The molecule has 0 saturated carbocycles. The minimum Gasteiger partial charge on any atom is -0.321 e. The Hall–Kier alpha value is -2.74. The summed E-state index contributed by atoms with van der Waals surface area (Å²) in [5.41, 5.74) is 0.432. The van der Waals surface area contributed by atoms with E-state index in [2.05, 4.69) is 33.7 Å². The SMILES string of the molecule is C=NC(=C)C(=O)Nc1cccc(/C(=N/N)N(N)C(C)C)n1. The van der Waals surface area contributed by atoms with Gasteiger partial charge in [0.25, 0.3) is 5.91 Å². The topological polar surface area (TPSA) is 122 Å². The van der Waals surface area contributed by atoms with Gasteiger partial charge in [-0.05, 0) is 32.7 Å². The number of hydrazone groups is 1. The smallest absolute Gasteiger partial charge is 0.274 e. The Morgan fingerprint density at radius 2 is 2.14 bits per heavy atom. The standard InChI is InChI=1S/C13H19N7O/c1-8(2)20(15)12(19-14)10-6-5-7-11(17-10)18-13(21)9(3)16-4/h5-8H,3-4,14-15H2,1-2H3,(H,17,18,21)/b19-12-. The van der Waals surface area contributed by atoms with E-state index < -0.39 is 5.91 Å². The maximum Gasteiger partial charge on any atom is 0.274 e. The van der Waals surface area contributed by atoms with Gasteiger partial charge in [0.2, 0.25) is 0 Å². The van der Waals surface area contributed by atoms with Gasteiger partial charge in [-0.3, -0.25) is 14.8 Å². The predicted octanol–water partition coefficient (Wildman–Crippen LogP) is 0.439. The van der Waals surface area contributed by atoms with E-state index in [-0.39, 0.29) is 11.7 Å². The number of nitrogens with zero attached hydrogens (tertiary/aromatic N) is 4. The minimum atomic E-state index is -0.491. The van der Waals surface area contributed by atoms with Crippen LogP contribution in [0.5, 0.6) is 0 Å². The van der Waals surface area contributed by atoms with Gasteiger partial charge in [0, 0.05) is 6.04 Å². The van der Waals surface area contributed by atoms with E-state index in [1.165, 1.54) is 5.01 Å². The second-order valence-electron chi connectivity index (χ2n) is 4.42. The molecule has 8 heteroatoms. The molecular weight excluding hydrogens is 270 g/mol. The first kappa shape index (κ1) is 16.3. The van der Waals surface area contributed by atoms with Crippen LogP contribution in [0.15, 0.2) is 40.6 Å². The largest absolute Gasteiger partial charge is 0.321 e. The summed E-state index contributed by atoms with van der Waals surface area (Å²) in [6.07, 6.45) is 0. The quantitative estimate of drug-likeness (QED) is 0.239. The van der Waals surface area contributed by atoms with E-state index in [1.54, 1.807) is 18.2 Å². The molecule has 1 rings (SSSR count). The fraction of sp³-hybridized carbons (Fsp3) is 0.231. The van der Waals surface area contributed by atoms with Crippen molar-refractivity contribution in [1.29, 1.82) is 0 Å². The Bertz CT molecular complexity index is 580. The van der Waals surface area contributed by atoms with Gasteiger partial charge in [-0.15, -0.1) is 0 Å². The Kier molecular flexibility index (Phi) is 5.56. The van der Waals surface area contributed by atoms with Gasteiger partial charge in [0.1, 0.15) is 17.2 Å². The highest BCUT2D eigenvalue weighted by molar-refractivity contribution is 6.03. The first-order valence-corrected chi connectivity index (χ1v) is 6.17. The zero-order valence-corrected chi connectivity index (χ0v) is 12.1. The van der Waals surface area contributed by atoms with Crippen LogP contribution in [0.1, 0.15) is 19.5 Å². The first-order chi connectivity index (χ1) is 9.90. The third-order valence-corrected chi connectivity index (χ3v) is 2.60. The third-order valence-electron chi connectivity index (χ3n) is 2.60. The van der Waals surface area contributed by atoms with Crippen molar-refractivity contribution in [2.24, 2.45) is 21.8 Å².